The molecule has 17 heavy (non-hydrogen) atoms. The Morgan fingerprint density at radius 1 is 1.18 bits per heavy atom. The van der Waals surface area contributed by atoms with Gasteiger partial charge in [0.25, 0.3) is 0 Å². The van der Waals surface area contributed by atoms with E-state index in [9.17, 15) is 0 Å². The predicted octanol–water partition coefficient (Wildman–Crippen LogP) is 2.33. The topological polar surface area (TPSA) is 29.9 Å². The molecule has 1 aromatic carbocycles. The first-order valence-corrected chi connectivity index (χ1v) is 6.10. The molecule has 90 valence electrons. The van der Waals surface area contributed by atoms with E-state index in [1.165, 1.54) is 16.7 Å². The summed E-state index contributed by atoms with van der Waals surface area (Å²) in [5.41, 5.74) is 3.79. The van der Waals surface area contributed by atoms with Gasteiger partial charge < -0.3 is 5.32 Å². The maximum atomic E-state index is 4.35. The monoisotopic (exact) mass is 229 g/mol. The fraction of sp³-hybridized carbons (Fsp3) is 0.357. The highest BCUT2D eigenvalue weighted by Gasteiger charge is 2.01. The Labute approximate surface area is 102 Å². The summed E-state index contributed by atoms with van der Waals surface area (Å²) >= 11 is 0. The van der Waals surface area contributed by atoms with Gasteiger partial charge in [0.05, 0.1) is 12.7 Å². The maximum absolute atomic E-state index is 4.35. The van der Waals surface area contributed by atoms with Gasteiger partial charge in [-0.05, 0) is 24.6 Å². The van der Waals surface area contributed by atoms with Crippen LogP contribution >= 0.6 is 0 Å². The van der Waals surface area contributed by atoms with Gasteiger partial charge in [-0.15, -0.1) is 0 Å². The van der Waals surface area contributed by atoms with Gasteiger partial charge in [0.1, 0.15) is 0 Å². The molecule has 2 aromatic rings. The van der Waals surface area contributed by atoms with Gasteiger partial charge in [-0.2, -0.15) is 5.10 Å². The van der Waals surface area contributed by atoms with Crippen LogP contribution < -0.4 is 5.32 Å². The number of aryl methyl sites for hydroxylation is 1. The fourth-order valence-electron chi connectivity index (χ4n) is 1.79. The van der Waals surface area contributed by atoms with Crippen molar-refractivity contribution in [2.24, 2.45) is 0 Å². The van der Waals surface area contributed by atoms with Crippen LogP contribution in [0.2, 0.25) is 0 Å². The van der Waals surface area contributed by atoms with Crippen LogP contribution in [0.3, 0.4) is 0 Å². The molecule has 0 spiro atoms. The first kappa shape index (κ1) is 11.9. The van der Waals surface area contributed by atoms with Gasteiger partial charge in [0.15, 0.2) is 0 Å². The number of likely N-dealkylation sites (N-methyl/N-ethyl adjacent to an activating group) is 1. The number of benzene rings is 1. The number of aromatic nitrogens is 2. The van der Waals surface area contributed by atoms with Crippen LogP contribution in [0.15, 0.2) is 36.7 Å². The third-order valence-corrected chi connectivity index (χ3v) is 2.92. The molecule has 1 heterocycles. The molecular weight excluding hydrogens is 210 g/mol. The lowest BCUT2D eigenvalue weighted by molar-refractivity contribution is 0.585. The van der Waals surface area contributed by atoms with Crippen LogP contribution in [-0.2, 0) is 13.0 Å². The van der Waals surface area contributed by atoms with Crippen LogP contribution in [0.1, 0.15) is 12.5 Å². The lowest BCUT2D eigenvalue weighted by Gasteiger charge is -2.00. The number of rotatable bonds is 5. The van der Waals surface area contributed by atoms with Crippen molar-refractivity contribution in [2.75, 3.05) is 13.6 Å². The van der Waals surface area contributed by atoms with Gasteiger partial charge in [-0.25, -0.2) is 0 Å². The molecule has 0 aliphatic carbocycles. The van der Waals surface area contributed by atoms with Crippen molar-refractivity contribution in [3.8, 4) is 11.1 Å². The molecule has 0 atom stereocenters. The SMILES string of the molecule is CCc1ccc(-c2cnn(CCNC)c2)cc1. The van der Waals surface area contributed by atoms with E-state index in [-0.39, 0.29) is 0 Å². The van der Waals surface area contributed by atoms with E-state index in [4.69, 9.17) is 0 Å². The Morgan fingerprint density at radius 3 is 2.59 bits per heavy atom. The molecule has 0 unspecified atom stereocenters. The second kappa shape index (κ2) is 5.64. The van der Waals surface area contributed by atoms with E-state index in [1.54, 1.807) is 0 Å². The minimum absolute atomic E-state index is 0.906. The van der Waals surface area contributed by atoms with Crippen molar-refractivity contribution in [1.82, 2.24) is 15.1 Å². The molecule has 0 radical (unpaired) electrons. The van der Waals surface area contributed by atoms with E-state index in [2.05, 4.69) is 47.8 Å². The van der Waals surface area contributed by atoms with Gasteiger partial charge in [0, 0.05) is 18.3 Å². The first-order chi connectivity index (χ1) is 8.33. The summed E-state index contributed by atoms with van der Waals surface area (Å²) in [4.78, 5) is 0. The number of hydrogen-bond acceptors (Lipinski definition) is 2. The van der Waals surface area contributed by atoms with Crippen LogP contribution in [0, 0.1) is 0 Å². The van der Waals surface area contributed by atoms with Gasteiger partial charge >= 0.3 is 0 Å². The van der Waals surface area contributed by atoms with Crippen molar-refractivity contribution in [3.05, 3.63) is 42.2 Å². The third kappa shape index (κ3) is 2.94. The molecule has 3 heteroatoms. The molecule has 1 N–H and O–H groups in total. The number of nitrogens with one attached hydrogen (secondary N) is 1. The van der Waals surface area contributed by atoms with E-state index >= 15 is 0 Å². The Morgan fingerprint density at radius 2 is 1.94 bits per heavy atom. The van der Waals surface area contributed by atoms with Gasteiger partial charge in [-0.1, -0.05) is 31.2 Å². The third-order valence-electron chi connectivity index (χ3n) is 2.92. The van der Waals surface area contributed by atoms with E-state index in [0.29, 0.717) is 0 Å². The van der Waals surface area contributed by atoms with Crippen molar-refractivity contribution in [2.45, 2.75) is 19.9 Å². The number of hydrogen-bond donors (Lipinski definition) is 1. The quantitative estimate of drug-likeness (QED) is 0.852. The minimum Gasteiger partial charge on any atom is -0.318 e. The molecular formula is C14H19N3. The Kier molecular flexibility index (Phi) is 3.94. The molecule has 0 bridgehead atoms. The lowest BCUT2D eigenvalue weighted by Crippen LogP contribution is -2.14. The van der Waals surface area contributed by atoms with Gasteiger partial charge in [0.2, 0.25) is 0 Å². The molecule has 0 amide bonds. The Bertz CT molecular complexity index is 457. The summed E-state index contributed by atoms with van der Waals surface area (Å²) < 4.78 is 1.97. The van der Waals surface area contributed by atoms with Crippen molar-refractivity contribution < 1.29 is 0 Å². The van der Waals surface area contributed by atoms with E-state index in [0.717, 1.165) is 19.5 Å². The first-order valence-electron chi connectivity index (χ1n) is 6.10. The normalized spacial score (nSPS) is 10.7. The Hall–Kier alpha value is -1.61. The molecule has 0 saturated carbocycles. The van der Waals surface area contributed by atoms with Crippen LogP contribution in [0.4, 0.5) is 0 Å². The largest absolute Gasteiger partial charge is 0.318 e. The lowest BCUT2D eigenvalue weighted by atomic mass is 10.1. The fourth-order valence-corrected chi connectivity index (χ4v) is 1.79. The molecule has 3 nitrogen and oxygen atoms in total. The molecule has 0 fully saturated rings. The zero-order valence-corrected chi connectivity index (χ0v) is 10.5. The zero-order valence-electron chi connectivity index (χ0n) is 10.5. The highest BCUT2D eigenvalue weighted by Crippen LogP contribution is 2.19. The van der Waals surface area contributed by atoms with E-state index < -0.39 is 0 Å². The molecule has 1 aromatic heterocycles. The van der Waals surface area contributed by atoms with Crippen molar-refractivity contribution >= 4 is 0 Å². The second-order valence-corrected chi connectivity index (χ2v) is 4.15. The number of nitrogens with zero attached hydrogens (tertiary/aromatic N) is 2. The highest BCUT2D eigenvalue weighted by atomic mass is 15.3. The summed E-state index contributed by atoms with van der Waals surface area (Å²) in [5.74, 6) is 0. The molecule has 0 aliphatic heterocycles. The van der Waals surface area contributed by atoms with Crippen LogP contribution in [0.25, 0.3) is 11.1 Å². The molecule has 0 saturated heterocycles. The summed E-state index contributed by atoms with van der Waals surface area (Å²) in [5, 5.41) is 7.47. The molecule has 2 rings (SSSR count). The summed E-state index contributed by atoms with van der Waals surface area (Å²) in [7, 11) is 1.95. The van der Waals surface area contributed by atoms with Crippen LogP contribution in [0.5, 0.6) is 0 Å². The van der Waals surface area contributed by atoms with E-state index in [1.807, 2.05) is 17.9 Å². The average Bonchev–Trinajstić information content (AvgIpc) is 2.85. The minimum atomic E-state index is 0.906. The van der Waals surface area contributed by atoms with Gasteiger partial charge in [-0.3, -0.25) is 4.68 Å². The zero-order chi connectivity index (χ0) is 12.1. The predicted molar refractivity (Wildman–Crippen MR) is 71.0 cm³/mol. The summed E-state index contributed by atoms with van der Waals surface area (Å²) in [6, 6.07) is 8.69. The second-order valence-electron chi connectivity index (χ2n) is 4.15. The van der Waals surface area contributed by atoms with Crippen molar-refractivity contribution in [1.29, 1.82) is 0 Å². The average molecular weight is 229 g/mol. The Balaban J connectivity index is 2.12. The summed E-state index contributed by atoms with van der Waals surface area (Å²) in [6.07, 6.45) is 5.11. The molecule has 0 aliphatic rings. The van der Waals surface area contributed by atoms with Crippen molar-refractivity contribution in [3.63, 3.8) is 0 Å². The summed E-state index contributed by atoms with van der Waals surface area (Å²) in [6.45, 7) is 4.02. The standard InChI is InChI=1S/C14H19N3/c1-3-12-4-6-13(7-5-12)14-10-16-17(11-14)9-8-15-2/h4-7,10-11,15H,3,8-9H2,1-2H3. The highest BCUT2D eigenvalue weighted by molar-refractivity contribution is 5.61. The maximum Gasteiger partial charge on any atom is 0.0568 e. The van der Waals surface area contributed by atoms with Crippen LogP contribution in [-0.4, -0.2) is 23.4 Å². The smallest absolute Gasteiger partial charge is 0.0568 e.